The van der Waals surface area contributed by atoms with Crippen molar-refractivity contribution in [2.24, 2.45) is 4.99 Å². The van der Waals surface area contributed by atoms with Crippen molar-refractivity contribution in [3.63, 3.8) is 0 Å². The summed E-state index contributed by atoms with van der Waals surface area (Å²) in [6.07, 6.45) is 5.42. The molecule has 1 aromatic carbocycles. The van der Waals surface area contributed by atoms with E-state index in [1.807, 2.05) is 47.1 Å². The van der Waals surface area contributed by atoms with Crippen LogP contribution in [0.25, 0.3) is 0 Å². The van der Waals surface area contributed by atoms with E-state index >= 15 is 0 Å². The van der Waals surface area contributed by atoms with Gasteiger partial charge < -0.3 is 15.5 Å². The third kappa shape index (κ3) is 7.02. The van der Waals surface area contributed by atoms with Crippen LogP contribution in [-0.2, 0) is 17.9 Å². The molecule has 0 radical (unpaired) electrons. The van der Waals surface area contributed by atoms with Gasteiger partial charge in [-0.15, -0.1) is 24.0 Å². The summed E-state index contributed by atoms with van der Waals surface area (Å²) >= 11 is 0. The van der Waals surface area contributed by atoms with Crippen molar-refractivity contribution in [2.75, 3.05) is 19.6 Å². The standard InChI is InChI=1S/C21H30N6O.HI/c1-3-20(28)26-11-10-19(16-26)25-21(22-4-2)23-12-18-13-24-27(15-18)14-17-8-6-5-7-9-17;/h5-9,13,15,19H,3-4,10-12,14,16H2,1-2H3,(H2,22,23,25);1H. The minimum Gasteiger partial charge on any atom is -0.357 e. The first kappa shape index (κ1) is 23.2. The van der Waals surface area contributed by atoms with Crippen LogP contribution in [0.3, 0.4) is 0 Å². The molecule has 158 valence electrons. The molecule has 0 aliphatic carbocycles. The molecule has 0 bridgehead atoms. The molecule has 8 heteroatoms. The fourth-order valence-corrected chi connectivity index (χ4v) is 3.36. The number of rotatable bonds is 7. The monoisotopic (exact) mass is 510 g/mol. The highest BCUT2D eigenvalue weighted by atomic mass is 127. The zero-order valence-corrected chi connectivity index (χ0v) is 19.5. The Labute approximate surface area is 190 Å². The Morgan fingerprint density at radius 1 is 1.24 bits per heavy atom. The van der Waals surface area contributed by atoms with Crippen LogP contribution in [0.2, 0.25) is 0 Å². The first-order valence-corrected chi connectivity index (χ1v) is 10.1. The predicted molar refractivity (Wildman–Crippen MR) is 126 cm³/mol. The van der Waals surface area contributed by atoms with E-state index in [-0.39, 0.29) is 35.9 Å². The van der Waals surface area contributed by atoms with Crippen LogP contribution in [-0.4, -0.2) is 52.2 Å². The number of carbonyl (C=O) groups excluding carboxylic acids is 1. The summed E-state index contributed by atoms with van der Waals surface area (Å²) in [5.74, 6) is 1.01. The number of aliphatic imine (C=N–C) groups is 1. The Morgan fingerprint density at radius 3 is 2.76 bits per heavy atom. The highest BCUT2D eigenvalue weighted by molar-refractivity contribution is 14.0. The Kier molecular flexibility index (Phi) is 9.43. The number of hydrogen-bond acceptors (Lipinski definition) is 3. The molecule has 2 aromatic rings. The molecule has 2 heterocycles. The average molecular weight is 510 g/mol. The normalized spacial score (nSPS) is 16.4. The number of carbonyl (C=O) groups is 1. The molecule has 0 spiro atoms. The van der Waals surface area contributed by atoms with Crippen molar-refractivity contribution in [3.8, 4) is 0 Å². The van der Waals surface area contributed by atoms with Gasteiger partial charge in [0.05, 0.1) is 19.3 Å². The lowest BCUT2D eigenvalue weighted by atomic mass is 10.2. The lowest BCUT2D eigenvalue weighted by Crippen LogP contribution is -2.45. The minimum atomic E-state index is 0. The smallest absolute Gasteiger partial charge is 0.222 e. The van der Waals surface area contributed by atoms with Gasteiger partial charge in [0.15, 0.2) is 5.96 Å². The number of aromatic nitrogens is 2. The largest absolute Gasteiger partial charge is 0.357 e. The number of guanidine groups is 1. The Bertz CT molecular complexity index is 791. The van der Waals surface area contributed by atoms with Gasteiger partial charge in [-0.2, -0.15) is 5.10 Å². The maximum atomic E-state index is 11.9. The second kappa shape index (κ2) is 11.8. The number of benzene rings is 1. The average Bonchev–Trinajstić information content (AvgIpc) is 3.36. The van der Waals surface area contributed by atoms with Gasteiger partial charge in [0.1, 0.15) is 0 Å². The van der Waals surface area contributed by atoms with Gasteiger partial charge in [0.25, 0.3) is 0 Å². The molecule has 0 saturated carbocycles. The van der Waals surface area contributed by atoms with Crippen molar-refractivity contribution in [3.05, 3.63) is 53.9 Å². The number of nitrogens with zero attached hydrogens (tertiary/aromatic N) is 4. The summed E-state index contributed by atoms with van der Waals surface area (Å²) in [6.45, 7) is 7.63. The van der Waals surface area contributed by atoms with E-state index < -0.39 is 0 Å². The van der Waals surface area contributed by atoms with Gasteiger partial charge in [-0.1, -0.05) is 37.3 Å². The van der Waals surface area contributed by atoms with Crippen LogP contribution in [0, 0.1) is 0 Å². The number of nitrogens with one attached hydrogen (secondary N) is 2. The Hall–Kier alpha value is -2.10. The second-order valence-corrected chi connectivity index (χ2v) is 7.05. The SMILES string of the molecule is CCNC(=NCc1cnn(Cc2ccccc2)c1)NC1CCN(C(=O)CC)C1.I. The molecule has 1 aliphatic heterocycles. The number of halogens is 1. The summed E-state index contributed by atoms with van der Waals surface area (Å²) in [5, 5.41) is 11.2. The molecule has 1 amide bonds. The Morgan fingerprint density at radius 2 is 2.03 bits per heavy atom. The third-order valence-corrected chi connectivity index (χ3v) is 4.82. The van der Waals surface area contributed by atoms with E-state index in [0.717, 1.165) is 44.1 Å². The molecule has 29 heavy (non-hydrogen) atoms. The van der Waals surface area contributed by atoms with E-state index in [4.69, 9.17) is 4.99 Å². The number of amides is 1. The van der Waals surface area contributed by atoms with Crippen molar-refractivity contribution < 1.29 is 4.79 Å². The molecular weight excluding hydrogens is 479 g/mol. The highest BCUT2D eigenvalue weighted by Gasteiger charge is 2.25. The van der Waals surface area contributed by atoms with Gasteiger partial charge in [-0.3, -0.25) is 9.48 Å². The molecule has 1 aliphatic rings. The van der Waals surface area contributed by atoms with Gasteiger partial charge in [-0.05, 0) is 18.9 Å². The predicted octanol–water partition coefficient (Wildman–Crippen LogP) is 2.62. The van der Waals surface area contributed by atoms with Crippen LogP contribution in [0.15, 0.2) is 47.7 Å². The fourth-order valence-electron chi connectivity index (χ4n) is 3.36. The zero-order chi connectivity index (χ0) is 19.8. The van der Waals surface area contributed by atoms with Crippen LogP contribution >= 0.6 is 24.0 Å². The summed E-state index contributed by atoms with van der Waals surface area (Å²) in [4.78, 5) is 18.5. The van der Waals surface area contributed by atoms with Crippen molar-refractivity contribution in [1.82, 2.24) is 25.3 Å². The maximum absolute atomic E-state index is 11.9. The van der Waals surface area contributed by atoms with Crippen LogP contribution < -0.4 is 10.6 Å². The summed E-state index contributed by atoms with van der Waals surface area (Å²) in [5.41, 5.74) is 2.30. The molecule has 1 aromatic heterocycles. The van der Waals surface area contributed by atoms with Gasteiger partial charge in [0, 0.05) is 43.9 Å². The molecular formula is C21H31IN6O. The number of likely N-dealkylation sites (tertiary alicyclic amines) is 1. The lowest BCUT2D eigenvalue weighted by Gasteiger charge is -2.18. The molecule has 2 N–H and O–H groups in total. The molecule has 1 unspecified atom stereocenters. The first-order chi connectivity index (χ1) is 13.7. The van der Waals surface area contributed by atoms with E-state index in [0.29, 0.717) is 13.0 Å². The van der Waals surface area contributed by atoms with Crippen molar-refractivity contribution >= 4 is 35.8 Å². The molecule has 1 saturated heterocycles. The van der Waals surface area contributed by atoms with E-state index in [1.165, 1.54) is 5.56 Å². The van der Waals surface area contributed by atoms with E-state index in [2.05, 4.69) is 34.8 Å². The van der Waals surface area contributed by atoms with Crippen molar-refractivity contribution in [2.45, 2.75) is 45.8 Å². The quantitative estimate of drug-likeness (QED) is 0.341. The van der Waals surface area contributed by atoms with Crippen LogP contribution in [0.1, 0.15) is 37.8 Å². The summed E-state index contributed by atoms with van der Waals surface area (Å²) in [7, 11) is 0. The van der Waals surface area contributed by atoms with Crippen LogP contribution in [0.4, 0.5) is 0 Å². The highest BCUT2D eigenvalue weighted by Crippen LogP contribution is 2.10. The topological polar surface area (TPSA) is 74.6 Å². The minimum absolute atomic E-state index is 0. The molecule has 1 atom stereocenters. The summed E-state index contributed by atoms with van der Waals surface area (Å²) < 4.78 is 1.94. The second-order valence-electron chi connectivity index (χ2n) is 7.05. The molecule has 1 fully saturated rings. The third-order valence-electron chi connectivity index (χ3n) is 4.82. The van der Waals surface area contributed by atoms with Gasteiger partial charge >= 0.3 is 0 Å². The Balaban J connectivity index is 0.00000300. The maximum Gasteiger partial charge on any atom is 0.222 e. The van der Waals surface area contributed by atoms with Crippen molar-refractivity contribution in [1.29, 1.82) is 0 Å². The van der Waals surface area contributed by atoms with E-state index in [9.17, 15) is 4.79 Å². The van der Waals surface area contributed by atoms with Gasteiger partial charge in [0.2, 0.25) is 5.91 Å². The van der Waals surface area contributed by atoms with Gasteiger partial charge in [-0.25, -0.2) is 4.99 Å². The van der Waals surface area contributed by atoms with E-state index in [1.54, 1.807) is 0 Å². The first-order valence-electron chi connectivity index (χ1n) is 10.1. The molecule has 3 rings (SSSR count). The van der Waals surface area contributed by atoms with Crippen LogP contribution in [0.5, 0.6) is 0 Å². The molecule has 7 nitrogen and oxygen atoms in total. The fraction of sp³-hybridized carbons (Fsp3) is 0.476. The number of hydrogen-bond donors (Lipinski definition) is 2. The zero-order valence-electron chi connectivity index (χ0n) is 17.2. The lowest BCUT2D eigenvalue weighted by molar-refractivity contribution is -0.129. The summed E-state index contributed by atoms with van der Waals surface area (Å²) in [6, 6.07) is 10.5.